The summed E-state index contributed by atoms with van der Waals surface area (Å²) in [5.74, 6) is 0.801. The van der Waals surface area contributed by atoms with Gasteiger partial charge in [-0.1, -0.05) is 18.2 Å². The first-order chi connectivity index (χ1) is 10.7. The summed E-state index contributed by atoms with van der Waals surface area (Å²) in [6, 6.07) is 9.34. The second kappa shape index (κ2) is 6.33. The molecule has 0 unspecified atom stereocenters. The summed E-state index contributed by atoms with van der Waals surface area (Å²) in [5, 5.41) is 11.0. The van der Waals surface area contributed by atoms with Crippen molar-refractivity contribution < 1.29 is 14.4 Å². The summed E-state index contributed by atoms with van der Waals surface area (Å²) < 4.78 is 11.4. The van der Waals surface area contributed by atoms with Crippen molar-refractivity contribution in [1.29, 1.82) is 0 Å². The van der Waals surface area contributed by atoms with Crippen LogP contribution in [0.25, 0.3) is 0 Å². The Balaban J connectivity index is 1.89. The first-order valence-corrected chi connectivity index (χ1v) is 7.58. The summed E-state index contributed by atoms with van der Waals surface area (Å²) >= 11 is 1.38. The Morgan fingerprint density at radius 3 is 3.00 bits per heavy atom. The van der Waals surface area contributed by atoms with Gasteiger partial charge in [0, 0.05) is 18.9 Å². The molecule has 1 aromatic carbocycles. The maximum Gasteiger partial charge on any atom is 0.301 e. The van der Waals surface area contributed by atoms with Gasteiger partial charge in [-0.05, 0) is 12.1 Å². The van der Waals surface area contributed by atoms with Gasteiger partial charge in [-0.25, -0.2) is 0 Å². The van der Waals surface area contributed by atoms with Gasteiger partial charge in [-0.3, -0.25) is 15.1 Å². The molecule has 114 valence electrons. The van der Waals surface area contributed by atoms with Crippen LogP contribution in [0, 0.1) is 10.1 Å². The second-order valence-electron chi connectivity index (χ2n) is 4.76. The zero-order valence-corrected chi connectivity index (χ0v) is 12.7. The molecule has 0 radical (unpaired) electrons. The molecule has 1 aliphatic heterocycles. The van der Waals surface area contributed by atoms with E-state index in [9.17, 15) is 10.1 Å². The molecule has 0 bridgehead atoms. The van der Waals surface area contributed by atoms with Crippen LogP contribution < -0.4 is 4.74 Å². The maximum atomic E-state index is 11.1. The number of fused-ring (bicyclic) bond motifs is 1. The fourth-order valence-electron chi connectivity index (χ4n) is 2.45. The number of nitrogens with zero attached hydrogens (tertiary/aromatic N) is 2. The molecule has 0 amide bonds. The first-order valence-electron chi connectivity index (χ1n) is 6.70. The number of hydrogen-bond acceptors (Lipinski definition) is 6. The molecular formula is C15H14N2O4S. The highest BCUT2D eigenvalue weighted by molar-refractivity contribution is 8.00. The molecule has 2 atom stereocenters. The fraction of sp³-hybridized carbons (Fsp3) is 0.267. The van der Waals surface area contributed by atoms with Gasteiger partial charge in [0.05, 0.1) is 15.1 Å². The highest BCUT2D eigenvalue weighted by Gasteiger charge is 2.33. The van der Waals surface area contributed by atoms with E-state index in [1.807, 2.05) is 24.3 Å². The molecule has 0 fully saturated rings. The summed E-state index contributed by atoms with van der Waals surface area (Å²) in [6.07, 6.45) is 2.64. The van der Waals surface area contributed by atoms with Crippen molar-refractivity contribution in [1.82, 2.24) is 4.98 Å². The van der Waals surface area contributed by atoms with Crippen LogP contribution >= 0.6 is 11.8 Å². The van der Waals surface area contributed by atoms with E-state index in [0.29, 0.717) is 11.5 Å². The van der Waals surface area contributed by atoms with Crippen molar-refractivity contribution in [2.24, 2.45) is 0 Å². The van der Waals surface area contributed by atoms with Crippen molar-refractivity contribution in [3.63, 3.8) is 0 Å². The number of para-hydroxylation sites is 1. The summed E-state index contributed by atoms with van der Waals surface area (Å²) in [7, 11) is 1.64. The highest BCUT2D eigenvalue weighted by atomic mass is 32.2. The van der Waals surface area contributed by atoms with Crippen molar-refractivity contribution in [3.8, 4) is 5.75 Å². The number of rotatable bonds is 4. The molecular weight excluding hydrogens is 304 g/mol. The molecule has 2 aromatic rings. The average Bonchev–Trinajstić information content (AvgIpc) is 2.55. The van der Waals surface area contributed by atoms with E-state index < -0.39 is 4.92 Å². The smallest absolute Gasteiger partial charge is 0.301 e. The van der Waals surface area contributed by atoms with Gasteiger partial charge < -0.3 is 9.47 Å². The molecule has 1 aromatic heterocycles. The molecule has 7 heteroatoms. The monoisotopic (exact) mass is 318 g/mol. The van der Waals surface area contributed by atoms with Crippen LogP contribution in [0.15, 0.2) is 47.6 Å². The van der Waals surface area contributed by atoms with Crippen molar-refractivity contribution >= 4 is 17.4 Å². The van der Waals surface area contributed by atoms with Crippen LogP contribution in [0.5, 0.6) is 5.75 Å². The molecule has 22 heavy (non-hydrogen) atoms. The minimum atomic E-state index is -0.422. The van der Waals surface area contributed by atoms with E-state index in [0.717, 1.165) is 11.3 Å². The maximum absolute atomic E-state index is 11.1. The van der Waals surface area contributed by atoms with Gasteiger partial charge in [0.2, 0.25) is 0 Å². The average molecular weight is 318 g/mol. The number of aromatic nitrogens is 1. The Bertz CT molecular complexity index is 695. The Labute approximate surface area is 131 Å². The molecule has 6 nitrogen and oxygen atoms in total. The molecule has 0 saturated carbocycles. The summed E-state index contributed by atoms with van der Waals surface area (Å²) in [4.78, 5) is 15.1. The second-order valence-corrected chi connectivity index (χ2v) is 6.04. The van der Waals surface area contributed by atoms with E-state index >= 15 is 0 Å². The zero-order valence-electron chi connectivity index (χ0n) is 11.8. The van der Waals surface area contributed by atoms with Gasteiger partial charge in [-0.2, -0.15) is 0 Å². The number of methoxy groups -OCH3 is 1. The van der Waals surface area contributed by atoms with Crippen molar-refractivity contribution in [3.05, 3.63) is 58.4 Å². The normalized spacial score (nSPS) is 20.0. The largest absolute Gasteiger partial charge is 0.492 e. The van der Waals surface area contributed by atoms with Gasteiger partial charge in [-0.15, -0.1) is 11.8 Å². The number of ether oxygens (including phenoxy) is 2. The molecule has 0 spiro atoms. The number of benzene rings is 1. The van der Waals surface area contributed by atoms with Crippen LogP contribution in [0.1, 0.15) is 11.7 Å². The van der Waals surface area contributed by atoms with Crippen molar-refractivity contribution in [2.45, 2.75) is 16.2 Å². The van der Waals surface area contributed by atoms with E-state index in [2.05, 4.69) is 4.98 Å². The van der Waals surface area contributed by atoms with Crippen LogP contribution in [-0.2, 0) is 4.74 Å². The van der Waals surface area contributed by atoms with E-state index in [1.165, 1.54) is 18.0 Å². The van der Waals surface area contributed by atoms with Gasteiger partial charge in [0.25, 0.3) is 0 Å². The van der Waals surface area contributed by atoms with Gasteiger partial charge >= 0.3 is 5.69 Å². The Morgan fingerprint density at radius 1 is 1.41 bits per heavy atom. The molecule has 0 aliphatic carbocycles. The number of pyridine rings is 1. The van der Waals surface area contributed by atoms with E-state index in [4.69, 9.17) is 9.47 Å². The molecule has 3 rings (SSSR count). The topological polar surface area (TPSA) is 74.5 Å². The molecule has 2 heterocycles. The van der Waals surface area contributed by atoms with E-state index in [-0.39, 0.29) is 17.0 Å². The lowest BCUT2D eigenvalue weighted by Crippen LogP contribution is -2.29. The number of hydrogen-bond donors (Lipinski definition) is 0. The third kappa shape index (κ3) is 2.77. The van der Waals surface area contributed by atoms with Crippen LogP contribution in [0.3, 0.4) is 0 Å². The van der Waals surface area contributed by atoms with Crippen LogP contribution in [0.4, 0.5) is 5.69 Å². The lowest BCUT2D eigenvalue weighted by atomic mass is 10.0. The number of nitro groups is 1. The Kier molecular flexibility index (Phi) is 4.26. The van der Waals surface area contributed by atoms with Crippen LogP contribution in [0.2, 0.25) is 0 Å². The number of thioether (sulfide) groups is 1. The summed E-state index contributed by atoms with van der Waals surface area (Å²) in [6.45, 7) is 0.430. The SMILES string of the molecule is CO[C@H]1c2ccccc2OC[C@H]1Sc1ccncc1[N+](=O)[O-]. The van der Waals surface area contributed by atoms with Crippen LogP contribution in [-0.4, -0.2) is 28.9 Å². The predicted octanol–water partition coefficient (Wildman–Crippen LogP) is 3.23. The molecule has 0 N–H and O–H groups in total. The molecule has 0 saturated heterocycles. The third-order valence-electron chi connectivity index (χ3n) is 3.46. The van der Waals surface area contributed by atoms with Gasteiger partial charge in [0.15, 0.2) is 0 Å². The Hall–Kier alpha value is -2.12. The Morgan fingerprint density at radius 2 is 2.23 bits per heavy atom. The zero-order chi connectivity index (χ0) is 15.5. The first kappa shape index (κ1) is 14.8. The summed E-state index contributed by atoms with van der Waals surface area (Å²) in [5.41, 5.74) is 0.965. The minimum absolute atomic E-state index is 0.00112. The fourth-order valence-corrected chi connectivity index (χ4v) is 3.69. The predicted molar refractivity (Wildman–Crippen MR) is 82.2 cm³/mol. The standard InChI is InChI=1S/C15H14N2O4S/c1-20-15-10-4-2-3-5-12(10)21-9-14(15)22-13-6-7-16-8-11(13)17(18)19/h2-8,14-15H,9H2,1H3/t14-,15+/m1/s1. The van der Waals surface area contributed by atoms with E-state index in [1.54, 1.807) is 19.4 Å². The molecule has 1 aliphatic rings. The lowest BCUT2D eigenvalue weighted by Gasteiger charge is -2.32. The quantitative estimate of drug-likeness (QED) is 0.636. The third-order valence-corrected chi connectivity index (χ3v) is 4.74. The van der Waals surface area contributed by atoms with Gasteiger partial charge in [0.1, 0.15) is 24.7 Å². The van der Waals surface area contributed by atoms with Crippen molar-refractivity contribution in [2.75, 3.05) is 13.7 Å². The minimum Gasteiger partial charge on any atom is -0.492 e. The lowest BCUT2D eigenvalue weighted by molar-refractivity contribution is -0.388. The highest BCUT2D eigenvalue weighted by Crippen LogP contribution is 2.43.